The summed E-state index contributed by atoms with van der Waals surface area (Å²) in [5.74, 6) is 1.57. The number of benzene rings is 1. The van der Waals surface area contributed by atoms with Gasteiger partial charge in [-0.3, -0.25) is 0 Å². The van der Waals surface area contributed by atoms with Gasteiger partial charge in [-0.1, -0.05) is 6.07 Å². The Morgan fingerprint density at radius 1 is 1.29 bits per heavy atom. The number of nitrogens with two attached hydrogens (primary N) is 1. The molecule has 1 aromatic carbocycles. The summed E-state index contributed by atoms with van der Waals surface area (Å²) >= 11 is 0. The number of rotatable bonds is 8. The van der Waals surface area contributed by atoms with Crippen molar-refractivity contribution in [1.82, 2.24) is 5.32 Å². The molecule has 0 heterocycles. The molecule has 0 saturated carbocycles. The molecule has 0 radical (unpaired) electrons. The third-order valence-corrected chi connectivity index (χ3v) is 2.41. The minimum atomic E-state index is 0.639. The summed E-state index contributed by atoms with van der Waals surface area (Å²) in [7, 11) is 1.65. The minimum absolute atomic E-state index is 0.639. The zero-order valence-electron chi connectivity index (χ0n) is 10.7. The summed E-state index contributed by atoms with van der Waals surface area (Å²) in [4.78, 5) is 0. The molecular weight excluding hydrogens is 216 g/mol. The zero-order chi connectivity index (χ0) is 12.5. The van der Waals surface area contributed by atoms with Crippen molar-refractivity contribution in [2.45, 2.75) is 19.9 Å². The molecule has 1 aromatic rings. The van der Waals surface area contributed by atoms with Crippen LogP contribution in [0.1, 0.15) is 18.9 Å². The first-order valence-corrected chi connectivity index (χ1v) is 6.02. The standard InChI is InChI=1S/C13H22N2O2/c1-3-17-13-9-11(5-6-12(13)16-2)10-15-8-4-7-14/h5-6,9,15H,3-4,7-8,10,14H2,1-2H3. The predicted octanol–water partition coefficient (Wildman–Crippen LogP) is 1.53. The molecule has 0 aliphatic heterocycles. The summed E-state index contributed by atoms with van der Waals surface area (Å²) in [6.45, 7) is 5.09. The predicted molar refractivity (Wildman–Crippen MR) is 69.5 cm³/mol. The van der Waals surface area contributed by atoms with Crippen LogP contribution in [0.4, 0.5) is 0 Å². The fraction of sp³-hybridized carbons (Fsp3) is 0.538. The van der Waals surface area contributed by atoms with E-state index in [4.69, 9.17) is 15.2 Å². The van der Waals surface area contributed by atoms with E-state index in [1.54, 1.807) is 7.11 Å². The molecule has 0 amide bonds. The van der Waals surface area contributed by atoms with Crippen molar-refractivity contribution < 1.29 is 9.47 Å². The van der Waals surface area contributed by atoms with E-state index in [9.17, 15) is 0 Å². The van der Waals surface area contributed by atoms with Gasteiger partial charge in [0.1, 0.15) is 0 Å². The fourth-order valence-electron chi connectivity index (χ4n) is 1.56. The molecule has 0 saturated heterocycles. The first-order chi connectivity index (χ1) is 8.31. The lowest BCUT2D eigenvalue weighted by Gasteiger charge is -2.11. The highest BCUT2D eigenvalue weighted by Crippen LogP contribution is 2.27. The molecule has 0 fully saturated rings. The molecule has 3 N–H and O–H groups in total. The molecule has 0 aliphatic carbocycles. The molecule has 96 valence electrons. The summed E-state index contributed by atoms with van der Waals surface area (Å²) in [5.41, 5.74) is 6.62. The summed E-state index contributed by atoms with van der Waals surface area (Å²) in [5, 5.41) is 3.33. The van der Waals surface area contributed by atoms with Gasteiger partial charge in [-0.2, -0.15) is 0 Å². The Balaban J connectivity index is 2.57. The maximum absolute atomic E-state index is 5.52. The van der Waals surface area contributed by atoms with Crippen LogP contribution in [0.5, 0.6) is 11.5 Å². The van der Waals surface area contributed by atoms with Crippen LogP contribution >= 0.6 is 0 Å². The molecule has 0 aliphatic rings. The molecule has 17 heavy (non-hydrogen) atoms. The van der Waals surface area contributed by atoms with E-state index in [1.165, 1.54) is 5.56 Å². The van der Waals surface area contributed by atoms with Gasteiger partial charge in [-0.15, -0.1) is 0 Å². The van der Waals surface area contributed by atoms with Gasteiger partial charge in [0, 0.05) is 6.54 Å². The van der Waals surface area contributed by atoms with Gasteiger partial charge in [0.15, 0.2) is 11.5 Å². The van der Waals surface area contributed by atoms with Crippen molar-refractivity contribution in [1.29, 1.82) is 0 Å². The van der Waals surface area contributed by atoms with Gasteiger partial charge >= 0.3 is 0 Å². The molecule has 4 nitrogen and oxygen atoms in total. The van der Waals surface area contributed by atoms with Gasteiger partial charge in [-0.25, -0.2) is 0 Å². The Labute approximate surface area is 103 Å². The quantitative estimate of drug-likeness (QED) is 0.674. The van der Waals surface area contributed by atoms with Gasteiger partial charge in [-0.05, 0) is 44.1 Å². The Morgan fingerprint density at radius 3 is 2.76 bits per heavy atom. The Hall–Kier alpha value is -1.26. The van der Waals surface area contributed by atoms with Crippen LogP contribution in [0.15, 0.2) is 18.2 Å². The van der Waals surface area contributed by atoms with E-state index in [1.807, 2.05) is 25.1 Å². The van der Waals surface area contributed by atoms with Crippen molar-refractivity contribution in [2.24, 2.45) is 5.73 Å². The average molecular weight is 238 g/mol. The minimum Gasteiger partial charge on any atom is -0.493 e. The summed E-state index contributed by atoms with van der Waals surface area (Å²) in [6.07, 6.45) is 0.995. The van der Waals surface area contributed by atoms with Gasteiger partial charge in [0.05, 0.1) is 13.7 Å². The lowest BCUT2D eigenvalue weighted by Crippen LogP contribution is -2.17. The van der Waals surface area contributed by atoms with Gasteiger partial charge < -0.3 is 20.5 Å². The van der Waals surface area contributed by atoms with Crippen LogP contribution in [-0.4, -0.2) is 26.8 Å². The maximum atomic E-state index is 5.52. The second-order valence-electron chi connectivity index (χ2n) is 3.74. The van der Waals surface area contributed by atoms with E-state index >= 15 is 0 Å². The van der Waals surface area contributed by atoms with Crippen molar-refractivity contribution in [3.05, 3.63) is 23.8 Å². The van der Waals surface area contributed by atoms with Crippen molar-refractivity contribution >= 4 is 0 Å². The number of hydrogen-bond donors (Lipinski definition) is 2. The molecule has 0 atom stereocenters. The van der Waals surface area contributed by atoms with Crippen LogP contribution in [0, 0.1) is 0 Å². The Morgan fingerprint density at radius 2 is 2.12 bits per heavy atom. The van der Waals surface area contributed by atoms with E-state index in [-0.39, 0.29) is 0 Å². The van der Waals surface area contributed by atoms with Crippen molar-refractivity contribution in [3.63, 3.8) is 0 Å². The highest BCUT2D eigenvalue weighted by molar-refractivity contribution is 5.42. The van der Waals surface area contributed by atoms with Crippen LogP contribution in [-0.2, 0) is 6.54 Å². The Bertz CT molecular complexity index is 329. The monoisotopic (exact) mass is 238 g/mol. The van der Waals surface area contributed by atoms with E-state index in [2.05, 4.69) is 5.32 Å². The second kappa shape index (κ2) is 7.92. The number of methoxy groups -OCH3 is 1. The molecule has 0 bridgehead atoms. The van der Waals surface area contributed by atoms with Crippen molar-refractivity contribution in [2.75, 3.05) is 26.8 Å². The normalized spacial score (nSPS) is 10.3. The van der Waals surface area contributed by atoms with Crippen LogP contribution < -0.4 is 20.5 Å². The van der Waals surface area contributed by atoms with Gasteiger partial charge in [0.25, 0.3) is 0 Å². The number of ether oxygens (including phenoxy) is 2. The molecule has 0 aromatic heterocycles. The van der Waals surface area contributed by atoms with Crippen LogP contribution in [0.2, 0.25) is 0 Å². The smallest absolute Gasteiger partial charge is 0.161 e. The summed E-state index contributed by atoms with van der Waals surface area (Å²) < 4.78 is 10.8. The molecule has 4 heteroatoms. The molecule has 1 rings (SSSR count). The summed E-state index contributed by atoms with van der Waals surface area (Å²) in [6, 6.07) is 5.99. The zero-order valence-corrected chi connectivity index (χ0v) is 10.7. The van der Waals surface area contributed by atoms with E-state index in [0.29, 0.717) is 6.61 Å². The lowest BCUT2D eigenvalue weighted by atomic mass is 10.2. The highest BCUT2D eigenvalue weighted by atomic mass is 16.5. The van der Waals surface area contributed by atoms with Crippen LogP contribution in [0.25, 0.3) is 0 Å². The first-order valence-electron chi connectivity index (χ1n) is 6.02. The number of nitrogens with one attached hydrogen (secondary N) is 1. The molecule has 0 spiro atoms. The molecule has 0 unspecified atom stereocenters. The lowest BCUT2D eigenvalue weighted by molar-refractivity contribution is 0.310. The third kappa shape index (κ3) is 4.63. The average Bonchev–Trinajstić information content (AvgIpc) is 2.35. The fourth-order valence-corrected chi connectivity index (χ4v) is 1.56. The third-order valence-electron chi connectivity index (χ3n) is 2.41. The first kappa shape index (κ1) is 13.8. The number of hydrogen-bond acceptors (Lipinski definition) is 4. The van der Waals surface area contributed by atoms with Gasteiger partial charge in [0.2, 0.25) is 0 Å². The van der Waals surface area contributed by atoms with E-state index < -0.39 is 0 Å². The van der Waals surface area contributed by atoms with E-state index in [0.717, 1.165) is 37.6 Å². The van der Waals surface area contributed by atoms with Crippen molar-refractivity contribution in [3.8, 4) is 11.5 Å². The maximum Gasteiger partial charge on any atom is 0.161 e. The highest BCUT2D eigenvalue weighted by Gasteiger charge is 2.04. The molecular formula is C13H22N2O2. The largest absolute Gasteiger partial charge is 0.493 e. The topological polar surface area (TPSA) is 56.5 Å². The Kier molecular flexibility index (Phi) is 6.43. The SMILES string of the molecule is CCOc1cc(CNCCCN)ccc1OC. The second-order valence-corrected chi connectivity index (χ2v) is 3.74. The van der Waals surface area contributed by atoms with Crippen LogP contribution in [0.3, 0.4) is 0 Å².